The van der Waals surface area contributed by atoms with Crippen LogP contribution in [-0.2, 0) is 11.3 Å². The van der Waals surface area contributed by atoms with Crippen LogP contribution in [0.4, 0.5) is 0 Å². The van der Waals surface area contributed by atoms with Crippen LogP contribution in [0.5, 0.6) is 0 Å². The van der Waals surface area contributed by atoms with E-state index in [1.165, 1.54) is 25.7 Å². The zero-order valence-electron chi connectivity index (χ0n) is 11.6. The number of aromatic nitrogens is 2. The first-order chi connectivity index (χ1) is 9.36. The highest BCUT2D eigenvalue weighted by Gasteiger charge is 2.41. The van der Waals surface area contributed by atoms with E-state index in [0.717, 1.165) is 43.1 Å². The topological polar surface area (TPSA) is 47.0 Å². The Labute approximate surface area is 115 Å². The number of ether oxygens (including phenoxy) is 1. The van der Waals surface area contributed by atoms with E-state index in [4.69, 9.17) is 9.72 Å². The number of methoxy groups -OCH3 is 1. The van der Waals surface area contributed by atoms with Crippen LogP contribution in [0.2, 0.25) is 0 Å². The van der Waals surface area contributed by atoms with Crippen LogP contribution < -0.4 is 5.32 Å². The van der Waals surface area contributed by atoms with Crippen LogP contribution in [0.1, 0.15) is 43.1 Å². The van der Waals surface area contributed by atoms with Crippen molar-refractivity contribution in [2.45, 2.75) is 38.1 Å². The highest BCUT2D eigenvalue weighted by Crippen LogP contribution is 2.51. The maximum Gasteiger partial charge on any atom is 0.131 e. The third-order valence-corrected chi connectivity index (χ3v) is 4.59. The Kier molecular flexibility index (Phi) is 4.09. The molecular formula is C15H23N3O. The van der Waals surface area contributed by atoms with Gasteiger partial charge in [-0.25, -0.2) is 9.97 Å². The molecule has 3 atom stereocenters. The van der Waals surface area contributed by atoms with E-state index in [9.17, 15) is 0 Å². The van der Waals surface area contributed by atoms with Crippen LogP contribution in [0, 0.1) is 11.8 Å². The van der Waals surface area contributed by atoms with Crippen molar-refractivity contribution in [2.24, 2.45) is 11.8 Å². The van der Waals surface area contributed by atoms with Gasteiger partial charge in [-0.05, 0) is 37.2 Å². The lowest BCUT2D eigenvalue weighted by Crippen LogP contribution is -2.20. The van der Waals surface area contributed by atoms with Gasteiger partial charge < -0.3 is 10.1 Å². The molecule has 4 nitrogen and oxygen atoms in total. The zero-order valence-corrected chi connectivity index (χ0v) is 11.6. The quantitative estimate of drug-likeness (QED) is 0.797. The van der Waals surface area contributed by atoms with Crippen molar-refractivity contribution in [1.29, 1.82) is 0 Å². The van der Waals surface area contributed by atoms with Crippen LogP contribution in [0.15, 0.2) is 12.3 Å². The molecule has 0 aromatic carbocycles. The Morgan fingerprint density at radius 3 is 3.05 bits per heavy atom. The lowest BCUT2D eigenvalue weighted by Gasteiger charge is -2.20. The maximum atomic E-state index is 5.02. The second-order valence-electron chi connectivity index (χ2n) is 5.86. The van der Waals surface area contributed by atoms with Gasteiger partial charge in [0.15, 0.2) is 0 Å². The lowest BCUT2D eigenvalue weighted by molar-refractivity contribution is 0.199. The summed E-state index contributed by atoms with van der Waals surface area (Å²) in [6.07, 6.45) is 7.45. The summed E-state index contributed by atoms with van der Waals surface area (Å²) in [5, 5.41) is 3.34. The van der Waals surface area contributed by atoms with Gasteiger partial charge in [-0.3, -0.25) is 0 Å². The number of rotatable bonds is 6. The third-order valence-electron chi connectivity index (χ3n) is 4.59. The minimum absolute atomic E-state index is 0.623. The molecule has 2 bridgehead atoms. The maximum absolute atomic E-state index is 5.02. The fourth-order valence-electron chi connectivity index (χ4n) is 3.64. The molecule has 0 spiro atoms. The predicted molar refractivity (Wildman–Crippen MR) is 73.8 cm³/mol. The average molecular weight is 261 g/mol. The number of nitrogens with one attached hydrogen (secondary N) is 1. The van der Waals surface area contributed by atoms with Crippen molar-refractivity contribution in [3.63, 3.8) is 0 Å². The van der Waals surface area contributed by atoms with E-state index in [1.54, 1.807) is 7.11 Å². The minimum Gasteiger partial charge on any atom is -0.383 e. The van der Waals surface area contributed by atoms with Crippen LogP contribution in [0.25, 0.3) is 0 Å². The summed E-state index contributed by atoms with van der Waals surface area (Å²) in [6.45, 7) is 2.41. The van der Waals surface area contributed by atoms with Gasteiger partial charge in [-0.15, -0.1) is 0 Å². The smallest absolute Gasteiger partial charge is 0.131 e. The summed E-state index contributed by atoms with van der Waals surface area (Å²) >= 11 is 0. The van der Waals surface area contributed by atoms with E-state index in [1.807, 2.05) is 12.3 Å². The van der Waals surface area contributed by atoms with Crippen LogP contribution in [-0.4, -0.2) is 30.2 Å². The first-order valence-corrected chi connectivity index (χ1v) is 7.38. The van der Waals surface area contributed by atoms with E-state index in [2.05, 4.69) is 10.3 Å². The zero-order chi connectivity index (χ0) is 13.1. The highest BCUT2D eigenvalue weighted by molar-refractivity contribution is 5.11. The molecule has 3 rings (SSSR count). The summed E-state index contributed by atoms with van der Waals surface area (Å²) in [5.41, 5.74) is 1.10. The number of fused-ring (bicyclic) bond motifs is 2. The fraction of sp³-hybridized carbons (Fsp3) is 0.733. The Morgan fingerprint density at radius 1 is 1.37 bits per heavy atom. The Morgan fingerprint density at radius 2 is 2.32 bits per heavy atom. The van der Waals surface area contributed by atoms with Gasteiger partial charge in [0.25, 0.3) is 0 Å². The fourth-order valence-corrected chi connectivity index (χ4v) is 3.64. The molecule has 2 saturated carbocycles. The van der Waals surface area contributed by atoms with E-state index in [-0.39, 0.29) is 0 Å². The van der Waals surface area contributed by atoms with Crippen molar-refractivity contribution < 1.29 is 4.74 Å². The van der Waals surface area contributed by atoms with Crippen molar-refractivity contribution in [2.75, 3.05) is 20.3 Å². The molecule has 3 unspecified atom stereocenters. The Hall–Kier alpha value is -1.00. The third kappa shape index (κ3) is 2.95. The number of hydrogen-bond acceptors (Lipinski definition) is 4. The molecular weight excluding hydrogens is 238 g/mol. The monoisotopic (exact) mass is 261 g/mol. The standard InChI is InChI=1S/C15H23N3O/c1-19-7-6-16-10-13-4-5-17-15(18-13)14-9-11-2-3-12(14)8-11/h4-5,11-12,14,16H,2-3,6-10H2,1H3. The largest absolute Gasteiger partial charge is 0.383 e. The summed E-state index contributed by atoms with van der Waals surface area (Å²) < 4.78 is 5.02. The van der Waals surface area contributed by atoms with Gasteiger partial charge in [0.2, 0.25) is 0 Å². The number of hydrogen-bond donors (Lipinski definition) is 1. The van der Waals surface area contributed by atoms with E-state index < -0.39 is 0 Å². The highest BCUT2D eigenvalue weighted by atomic mass is 16.5. The second kappa shape index (κ2) is 5.97. The van der Waals surface area contributed by atoms with Crippen LogP contribution >= 0.6 is 0 Å². The minimum atomic E-state index is 0.623. The van der Waals surface area contributed by atoms with Crippen molar-refractivity contribution in [1.82, 2.24) is 15.3 Å². The molecule has 104 valence electrons. The molecule has 1 aromatic rings. The van der Waals surface area contributed by atoms with Gasteiger partial charge in [0.05, 0.1) is 12.3 Å². The Bertz CT molecular complexity index is 424. The molecule has 1 heterocycles. The molecule has 0 saturated heterocycles. The molecule has 0 aliphatic heterocycles. The molecule has 4 heteroatoms. The molecule has 1 N–H and O–H groups in total. The van der Waals surface area contributed by atoms with Crippen LogP contribution in [0.3, 0.4) is 0 Å². The SMILES string of the molecule is COCCNCc1ccnc(C2CC3CCC2C3)n1. The van der Waals surface area contributed by atoms with Crippen molar-refractivity contribution in [3.05, 3.63) is 23.8 Å². The van der Waals surface area contributed by atoms with Gasteiger partial charge in [-0.1, -0.05) is 6.42 Å². The first kappa shape index (κ1) is 13.0. The molecule has 2 aliphatic rings. The van der Waals surface area contributed by atoms with E-state index >= 15 is 0 Å². The second-order valence-corrected chi connectivity index (χ2v) is 5.86. The number of nitrogens with zero attached hydrogens (tertiary/aromatic N) is 2. The summed E-state index contributed by atoms with van der Waals surface area (Å²) in [5.74, 6) is 3.50. The Balaban J connectivity index is 1.60. The van der Waals surface area contributed by atoms with Crippen molar-refractivity contribution in [3.8, 4) is 0 Å². The summed E-state index contributed by atoms with van der Waals surface area (Å²) in [6, 6.07) is 2.01. The average Bonchev–Trinajstić information content (AvgIpc) is 3.07. The van der Waals surface area contributed by atoms with Crippen molar-refractivity contribution >= 4 is 0 Å². The molecule has 0 radical (unpaired) electrons. The predicted octanol–water partition coefficient (Wildman–Crippen LogP) is 2.12. The molecule has 0 amide bonds. The summed E-state index contributed by atoms with van der Waals surface area (Å²) in [7, 11) is 1.72. The first-order valence-electron chi connectivity index (χ1n) is 7.38. The normalized spacial score (nSPS) is 29.0. The molecule has 2 fully saturated rings. The van der Waals surface area contributed by atoms with Gasteiger partial charge >= 0.3 is 0 Å². The van der Waals surface area contributed by atoms with Gasteiger partial charge in [0, 0.05) is 32.3 Å². The van der Waals surface area contributed by atoms with Gasteiger partial charge in [-0.2, -0.15) is 0 Å². The lowest BCUT2D eigenvalue weighted by atomic mass is 9.88. The molecule has 2 aliphatic carbocycles. The van der Waals surface area contributed by atoms with E-state index in [0.29, 0.717) is 5.92 Å². The molecule has 1 aromatic heterocycles. The summed E-state index contributed by atoms with van der Waals surface area (Å²) in [4.78, 5) is 9.28. The van der Waals surface area contributed by atoms with Gasteiger partial charge in [0.1, 0.15) is 5.82 Å². The molecule has 19 heavy (non-hydrogen) atoms.